The van der Waals surface area contributed by atoms with Crippen LogP contribution in [0.4, 0.5) is 15.9 Å². The van der Waals surface area contributed by atoms with Crippen molar-refractivity contribution in [2.75, 3.05) is 62.2 Å². The van der Waals surface area contributed by atoms with Gasteiger partial charge in [-0.05, 0) is 61.7 Å². The van der Waals surface area contributed by atoms with Crippen LogP contribution < -0.4 is 9.80 Å². The van der Waals surface area contributed by atoms with Crippen LogP contribution >= 0.6 is 0 Å². The largest absolute Gasteiger partial charge is 0.368 e. The fraction of sp³-hybridized carbons (Fsp3) is 0.375. The molecule has 1 amide bonds. The van der Waals surface area contributed by atoms with E-state index in [4.69, 9.17) is 0 Å². The van der Waals surface area contributed by atoms with Gasteiger partial charge in [-0.3, -0.25) is 9.69 Å². The fourth-order valence-electron chi connectivity index (χ4n) is 5.71. The van der Waals surface area contributed by atoms with E-state index in [1.807, 2.05) is 47.1 Å². The molecule has 5 rings (SSSR count). The molecule has 2 aliphatic heterocycles. The number of carbonyl (C=O) groups is 1. The Bertz CT molecular complexity index is 1540. The SMILES string of the molecule is Cc1cc(C)c(C(=O)N2CCN(c3nc(C)c(F)cc3C#N)CC2)cc1CN1CCN(c2ccccc2C#N)CC1. The third-order valence-corrected chi connectivity index (χ3v) is 8.16. The molecule has 0 aliphatic carbocycles. The van der Waals surface area contributed by atoms with Gasteiger partial charge < -0.3 is 14.7 Å². The maximum atomic E-state index is 13.9. The lowest BCUT2D eigenvalue weighted by Gasteiger charge is -2.37. The van der Waals surface area contributed by atoms with Gasteiger partial charge in [0, 0.05) is 64.5 Å². The highest BCUT2D eigenvalue weighted by atomic mass is 19.1. The normalized spacial score (nSPS) is 15.9. The minimum absolute atomic E-state index is 0.00471. The minimum atomic E-state index is -0.490. The highest BCUT2D eigenvalue weighted by Crippen LogP contribution is 2.25. The zero-order valence-corrected chi connectivity index (χ0v) is 23.8. The smallest absolute Gasteiger partial charge is 0.254 e. The van der Waals surface area contributed by atoms with E-state index in [-0.39, 0.29) is 17.2 Å². The van der Waals surface area contributed by atoms with Crippen LogP contribution in [0, 0.1) is 49.3 Å². The molecular weight excluding hydrogens is 517 g/mol. The Kier molecular flexibility index (Phi) is 8.19. The maximum Gasteiger partial charge on any atom is 0.254 e. The van der Waals surface area contributed by atoms with Gasteiger partial charge in [-0.1, -0.05) is 18.2 Å². The summed E-state index contributed by atoms with van der Waals surface area (Å²) in [6, 6.07) is 17.5. The first-order chi connectivity index (χ1) is 19.8. The Balaban J connectivity index is 1.24. The number of anilines is 2. The van der Waals surface area contributed by atoms with Crippen molar-refractivity contribution in [3.8, 4) is 12.1 Å². The standard InChI is InChI=1S/C32H34FN7O/c1-22-16-23(2)28(17-27(22)21-37-8-10-38(11-9-37)30-7-5-4-6-25(30)19-34)32(41)40-14-12-39(13-15-40)31-26(20-35)18-29(33)24(3)36-31/h4-7,16-18H,8-15,21H2,1-3H3. The summed E-state index contributed by atoms with van der Waals surface area (Å²) in [6.07, 6.45) is 0. The molecule has 0 atom stereocenters. The molecule has 0 N–H and O–H groups in total. The third kappa shape index (κ3) is 5.86. The molecule has 0 saturated carbocycles. The minimum Gasteiger partial charge on any atom is -0.368 e. The van der Waals surface area contributed by atoms with E-state index in [0.717, 1.165) is 49.5 Å². The molecule has 1 aromatic heterocycles. The molecule has 0 radical (unpaired) electrons. The quantitative estimate of drug-likeness (QED) is 0.470. The van der Waals surface area contributed by atoms with Crippen LogP contribution in [0.25, 0.3) is 0 Å². The van der Waals surface area contributed by atoms with Crippen molar-refractivity contribution in [1.82, 2.24) is 14.8 Å². The Labute approximate surface area is 240 Å². The van der Waals surface area contributed by atoms with Crippen LogP contribution in [0.3, 0.4) is 0 Å². The summed E-state index contributed by atoms with van der Waals surface area (Å²) in [4.78, 5) is 26.4. The second-order valence-electron chi connectivity index (χ2n) is 10.8. The van der Waals surface area contributed by atoms with E-state index in [1.54, 1.807) is 6.92 Å². The number of carbonyl (C=O) groups excluding carboxylic acids is 1. The van der Waals surface area contributed by atoms with E-state index < -0.39 is 5.82 Å². The number of nitrogens with zero attached hydrogens (tertiary/aromatic N) is 7. The number of halogens is 1. The van der Waals surface area contributed by atoms with E-state index in [9.17, 15) is 19.7 Å². The molecule has 3 heterocycles. The van der Waals surface area contributed by atoms with E-state index in [1.165, 1.54) is 11.6 Å². The molecule has 41 heavy (non-hydrogen) atoms. The average Bonchev–Trinajstić information content (AvgIpc) is 2.99. The zero-order valence-electron chi connectivity index (χ0n) is 23.8. The van der Waals surface area contributed by atoms with Gasteiger partial charge in [-0.2, -0.15) is 10.5 Å². The Morgan fingerprint density at radius 1 is 0.854 bits per heavy atom. The molecular formula is C32H34FN7O. The molecule has 9 heteroatoms. The first kappa shape index (κ1) is 28.1. The molecule has 2 saturated heterocycles. The summed E-state index contributed by atoms with van der Waals surface area (Å²) in [5.41, 5.74) is 6.15. The number of hydrogen-bond donors (Lipinski definition) is 0. The van der Waals surface area contributed by atoms with E-state index in [2.05, 4.69) is 39.9 Å². The first-order valence-electron chi connectivity index (χ1n) is 14.0. The van der Waals surface area contributed by atoms with E-state index in [0.29, 0.717) is 43.1 Å². The number of para-hydroxylation sites is 1. The van der Waals surface area contributed by atoms with Gasteiger partial charge in [0.1, 0.15) is 23.8 Å². The van der Waals surface area contributed by atoms with Crippen molar-refractivity contribution in [2.24, 2.45) is 0 Å². The number of aromatic nitrogens is 1. The van der Waals surface area contributed by atoms with Crippen LogP contribution in [-0.4, -0.2) is 73.0 Å². The lowest BCUT2D eigenvalue weighted by atomic mass is 9.98. The second-order valence-corrected chi connectivity index (χ2v) is 10.8. The van der Waals surface area contributed by atoms with Gasteiger partial charge in [0.25, 0.3) is 5.91 Å². The Morgan fingerprint density at radius 3 is 2.20 bits per heavy atom. The van der Waals surface area contributed by atoms with Gasteiger partial charge in [-0.15, -0.1) is 0 Å². The van der Waals surface area contributed by atoms with Crippen molar-refractivity contribution in [3.63, 3.8) is 0 Å². The lowest BCUT2D eigenvalue weighted by Crippen LogP contribution is -2.49. The Hall–Kier alpha value is -4.47. The summed E-state index contributed by atoms with van der Waals surface area (Å²) < 4.78 is 13.9. The third-order valence-electron chi connectivity index (χ3n) is 8.16. The maximum absolute atomic E-state index is 13.9. The monoisotopic (exact) mass is 551 g/mol. The molecule has 2 aromatic carbocycles. The number of benzene rings is 2. The van der Waals surface area contributed by atoms with E-state index >= 15 is 0 Å². The van der Waals surface area contributed by atoms with Crippen molar-refractivity contribution in [2.45, 2.75) is 27.3 Å². The summed E-state index contributed by atoms with van der Waals surface area (Å²) >= 11 is 0. The Morgan fingerprint density at radius 2 is 1.51 bits per heavy atom. The number of aryl methyl sites for hydroxylation is 3. The lowest BCUT2D eigenvalue weighted by molar-refractivity contribution is 0.0745. The van der Waals surface area contributed by atoms with Crippen LogP contribution in [0.5, 0.6) is 0 Å². The first-order valence-corrected chi connectivity index (χ1v) is 14.0. The summed E-state index contributed by atoms with van der Waals surface area (Å²) in [5.74, 6) is -0.00966. The molecule has 210 valence electrons. The van der Waals surface area contributed by atoms with Crippen molar-refractivity contribution >= 4 is 17.4 Å². The molecule has 0 unspecified atom stereocenters. The van der Waals surface area contributed by atoms with Gasteiger partial charge in [0.2, 0.25) is 0 Å². The number of piperazine rings is 2. The van der Waals surface area contributed by atoms with Crippen LogP contribution in [-0.2, 0) is 6.54 Å². The number of nitriles is 2. The predicted octanol–water partition coefficient (Wildman–Crippen LogP) is 4.17. The van der Waals surface area contributed by atoms with Crippen LogP contribution in [0.1, 0.15) is 43.9 Å². The van der Waals surface area contributed by atoms with Gasteiger partial charge in [0.05, 0.1) is 22.5 Å². The second kappa shape index (κ2) is 12.0. The molecule has 0 bridgehead atoms. The van der Waals surface area contributed by atoms with Crippen molar-refractivity contribution < 1.29 is 9.18 Å². The van der Waals surface area contributed by atoms with Gasteiger partial charge >= 0.3 is 0 Å². The number of pyridine rings is 1. The molecule has 2 aliphatic rings. The highest BCUT2D eigenvalue weighted by Gasteiger charge is 2.27. The van der Waals surface area contributed by atoms with Crippen LogP contribution in [0.2, 0.25) is 0 Å². The number of hydrogen-bond acceptors (Lipinski definition) is 7. The molecule has 3 aromatic rings. The van der Waals surface area contributed by atoms with Gasteiger partial charge in [-0.25, -0.2) is 9.37 Å². The summed E-state index contributed by atoms with van der Waals surface area (Å²) in [5, 5.41) is 18.9. The average molecular weight is 552 g/mol. The number of amides is 1. The van der Waals surface area contributed by atoms with Crippen molar-refractivity contribution in [1.29, 1.82) is 10.5 Å². The summed E-state index contributed by atoms with van der Waals surface area (Å²) in [7, 11) is 0. The molecule has 8 nitrogen and oxygen atoms in total. The topological polar surface area (TPSA) is 90.5 Å². The summed E-state index contributed by atoms with van der Waals surface area (Å²) in [6.45, 7) is 11.9. The van der Waals surface area contributed by atoms with Gasteiger partial charge in [0.15, 0.2) is 0 Å². The zero-order chi connectivity index (χ0) is 29.1. The molecule has 2 fully saturated rings. The number of rotatable bonds is 5. The van der Waals surface area contributed by atoms with Crippen molar-refractivity contribution in [3.05, 3.63) is 87.4 Å². The predicted molar refractivity (Wildman–Crippen MR) is 156 cm³/mol. The fourth-order valence-corrected chi connectivity index (χ4v) is 5.71. The highest BCUT2D eigenvalue weighted by molar-refractivity contribution is 5.96. The van der Waals surface area contributed by atoms with Crippen LogP contribution in [0.15, 0.2) is 42.5 Å². The molecule has 0 spiro atoms.